The molecule has 0 unspecified atom stereocenters. The molecule has 2 N–H and O–H groups in total. The number of amides is 1. The van der Waals surface area contributed by atoms with Gasteiger partial charge in [-0.15, -0.1) is 0 Å². The molecule has 1 saturated heterocycles. The van der Waals surface area contributed by atoms with E-state index < -0.39 is 33.3 Å². The van der Waals surface area contributed by atoms with Crippen LogP contribution in [-0.2, 0) is 14.8 Å². The molecule has 1 heterocycles. The lowest BCUT2D eigenvalue weighted by molar-refractivity contribution is -0.139. The first kappa shape index (κ1) is 24.7. The first-order chi connectivity index (χ1) is 16.7. The van der Waals surface area contributed by atoms with Gasteiger partial charge in [0.2, 0.25) is 0 Å². The quantitative estimate of drug-likeness (QED) is 0.421. The molecule has 1 aliphatic heterocycles. The molecule has 0 aliphatic carbocycles. The van der Waals surface area contributed by atoms with Gasteiger partial charge in [0.1, 0.15) is 10.7 Å². The lowest BCUT2D eigenvalue weighted by Crippen LogP contribution is -2.42. The van der Waals surface area contributed by atoms with E-state index in [2.05, 4.69) is 20.7 Å². The fourth-order valence-electron chi connectivity index (χ4n) is 3.48. The molecule has 0 saturated carbocycles. The van der Waals surface area contributed by atoms with Gasteiger partial charge in [-0.1, -0.05) is 36.4 Å². The van der Waals surface area contributed by atoms with Crippen molar-refractivity contribution < 1.29 is 32.2 Å². The van der Waals surface area contributed by atoms with Crippen LogP contribution < -0.4 is 9.46 Å². The van der Waals surface area contributed by atoms with Gasteiger partial charge in [0.05, 0.1) is 10.2 Å². The minimum absolute atomic E-state index is 0.0677. The van der Waals surface area contributed by atoms with Crippen molar-refractivity contribution in [3.05, 3.63) is 76.5 Å². The van der Waals surface area contributed by atoms with Crippen molar-refractivity contribution >= 4 is 43.5 Å². The number of aliphatic carboxylic acids is 1. The molecular formula is C24H20BrFN2O6S. The van der Waals surface area contributed by atoms with Crippen LogP contribution in [0.2, 0.25) is 0 Å². The standard InChI is InChI=1S/C24H20BrFN2O6S/c25-18-11-17(24(31)28-9-4-10-28)13-21(23(18)34-14-22(29)30)35(32,33)27-20-12-16(7-8-19(20)26)15-5-2-1-3-6-15/h1-3,5-8,11-13,27H,4,9-10,14H2,(H,29,30). The lowest BCUT2D eigenvalue weighted by atomic mass is 10.1. The van der Waals surface area contributed by atoms with Gasteiger partial charge in [0.15, 0.2) is 12.4 Å². The maximum absolute atomic E-state index is 14.6. The van der Waals surface area contributed by atoms with Gasteiger partial charge in [-0.05, 0) is 57.7 Å². The normalized spacial score (nSPS) is 13.1. The summed E-state index contributed by atoms with van der Waals surface area (Å²) in [5.41, 5.74) is 1.09. The number of nitrogens with one attached hydrogen (secondary N) is 1. The van der Waals surface area contributed by atoms with E-state index in [1.54, 1.807) is 29.2 Å². The topological polar surface area (TPSA) is 113 Å². The number of ether oxygens (including phenoxy) is 1. The molecule has 35 heavy (non-hydrogen) atoms. The average Bonchev–Trinajstić information content (AvgIpc) is 2.78. The van der Waals surface area contributed by atoms with Crippen LogP contribution in [0, 0.1) is 5.82 Å². The molecule has 0 atom stereocenters. The van der Waals surface area contributed by atoms with Crippen molar-refractivity contribution in [2.75, 3.05) is 24.4 Å². The fraction of sp³-hybridized carbons (Fsp3) is 0.167. The van der Waals surface area contributed by atoms with Crippen molar-refractivity contribution in [2.24, 2.45) is 0 Å². The monoisotopic (exact) mass is 562 g/mol. The zero-order chi connectivity index (χ0) is 25.2. The van der Waals surface area contributed by atoms with E-state index in [1.807, 2.05) is 6.07 Å². The number of carboxylic acid groups (broad SMARTS) is 1. The number of sulfonamides is 1. The van der Waals surface area contributed by atoms with Crippen LogP contribution in [0.5, 0.6) is 5.75 Å². The number of carbonyl (C=O) groups excluding carboxylic acids is 1. The second kappa shape index (κ2) is 10.0. The Kier molecular flexibility index (Phi) is 7.08. The minimum atomic E-state index is -4.51. The number of carboxylic acids is 1. The maximum atomic E-state index is 14.6. The SMILES string of the molecule is O=C(O)COc1c(Br)cc(C(=O)N2CCC2)cc1S(=O)(=O)Nc1cc(-c2ccccc2)ccc1F. The molecule has 8 nitrogen and oxygen atoms in total. The summed E-state index contributed by atoms with van der Waals surface area (Å²) >= 11 is 3.19. The Bertz CT molecular complexity index is 1390. The maximum Gasteiger partial charge on any atom is 0.341 e. The number of nitrogens with zero attached hydrogens (tertiary/aromatic N) is 1. The Hall–Kier alpha value is -3.44. The third kappa shape index (κ3) is 5.46. The number of anilines is 1. The van der Waals surface area contributed by atoms with Crippen molar-refractivity contribution in [3.8, 4) is 16.9 Å². The highest BCUT2D eigenvalue weighted by molar-refractivity contribution is 9.10. The smallest absolute Gasteiger partial charge is 0.341 e. The summed E-state index contributed by atoms with van der Waals surface area (Å²) in [5, 5.41) is 9.01. The van der Waals surface area contributed by atoms with Crippen molar-refractivity contribution in [1.29, 1.82) is 0 Å². The van der Waals surface area contributed by atoms with Crippen LogP contribution >= 0.6 is 15.9 Å². The first-order valence-electron chi connectivity index (χ1n) is 10.5. The zero-order valence-corrected chi connectivity index (χ0v) is 20.6. The van der Waals surface area contributed by atoms with E-state index >= 15 is 0 Å². The van der Waals surface area contributed by atoms with Gasteiger partial charge in [-0.2, -0.15) is 0 Å². The predicted octanol–water partition coefficient (Wildman–Crippen LogP) is 4.37. The van der Waals surface area contributed by atoms with Crippen LogP contribution in [0.15, 0.2) is 70.0 Å². The van der Waals surface area contributed by atoms with Gasteiger partial charge >= 0.3 is 5.97 Å². The summed E-state index contributed by atoms with van der Waals surface area (Å²) in [7, 11) is -4.51. The predicted molar refractivity (Wildman–Crippen MR) is 130 cm³/mol. The summed E-state index contributed by atoms with van der Waals surface area (Å²) in [6.07, 6.45) is 0.844. The van der Waals surface area contributed by atoms with Gasteiger partial charge in [-0.25, -0.2) is 17.6 Å². The summed E-state index contributed by atoms with van der Waals surface area (Å²) in [5.74, 6) is -2.82. The largest absolute Gasteiger partial charge is 0.479 e. The zero-order valence-electron chi connectivity index (χ0n) is 18.2. The Labute approximate surface area is 209 Å². The Balaban J connectivity index is 1.76. The molecule has 1 aliphatic rings. The average molecular weight is 563 g/mol. The van der Waals surface area contributed by atoms with E-state index in [0.717, 1.165) is 24.1 Å². The van der Waals surface area contributed by atoms with Gasteiger partial charge in [0.25, 0.3) is 15.9 Å². The molecule has 3 aromatic rings. The third-order valence-corrected chi connectivity index (χ3v) is 7.31. The molecule has 3 aromatic carbocycles. The number of halogens is 2. The van der Waals surface area contributed by atoms with Crippen LogP contribution in [0.25, 0.3) is 11.1 Å². The molecule has 0 bridgehead atoms. The Morgan fingerprint density at radius 1 is 1.06 bits per heavy atom. The van der Waals surface area contributed by atoms with E-state index in [-0.39, 0.29) is 27.4 Å². The van der Waals surface area contributed by atoms with E-state index in [4.69, 9.17) is 9.84 Å². The molecule has 4 rings (SSSR count). The highest BCUT2D eigenvalue weighted by atomic mass is 79.9. The summed E-state index contributed by atoms with van der Waals surface area (Å²) < 4.78 is 48.9. The molecule has 1 amide bonds. The molecular weight excluding hydrogens is 543 g/mol. The fourth-order valence-corrected chi connectivity index (χ4v) is 5.44. The Morgan fingerprint density at radius 2 is 1.77 bits per heavy atom. The number of carbonyl (C=O) groups is 2. The molecule has 0 spiro atoms. The second-order valence-electron chi connectivity index (χ2n) is 7.78. The number of likely N-dealkylation sites (tertiary alicyclic amines) is 1. The number of hydrogen-bond donors (Lipinski definition) is 2. The van der Waals surface area contributed by atoms with Crippen LogP contribution in [-0.4, -0.2) is 50.0 Å². The van der Waals surface area contributed by atoms with Crippen LogP contribution in [0.3, 0.4) is 0 Å². The molecule has 182 valence electrons. The summed E-state index contributed by atoms with van der Waals surface area (Å²) in [6, 6.07) is 15.5. The van der Waals surface area contributed by atoms with Crippen LogP contribution in [0.4, 0.5) is 10.1 Å². The lowest BCUT2D eigenvalue weighted by Gasteiger charge is -2.31. The van der Waals surface area contributed by atoms with Crippen LogP contribution in [0.1, 0.15) is 16.8 Å². The molecule has 0 aromatic heterocycles. The number of benzene rings is 3. The van der Waals surface area contributed by atoms with Crippen molar-refractivity contribution in [2.45, 2.75) is 11.3 Å². The minimum Gasteiger partial charge on any atom is -0.479 e. The summed E-state index contributed by atoms with van der Waals surface area (Å²) in [6.45, 7) is 0.273. The number of rotatable bonds is 8. The van der Waals surface area contributed by atoms with E-state index in [9.17, 15) is 22.4 Å². The van der Waals surface area contributed by atoms with Gasteiger partial charge in [-0.3, -0.25) is 9.52 Å². The van der Waals surface area contributed by atoms with E-state index in [1.165, 1.54) is 18.2 Å². The first-order valence-corrected chi connectivity index (χ1v) is 12.8. The van der Waals surface area contributed by atoms with Gasteiger partial charge < -0.3 is 14.7 Å². The molecule has 11 heteroatoms. The van der Waals surface area contributed by atoms with E-state index in [0.29, 0.717) is 18.7 Å². The molecule has 0 radical (unpaired) electrons. The summed E-state index contributed by atoms with van der Waals surface area (Å²) in [4.78, 5) is 24.8. The third-order valence-electron chi connectivity index (χ3n) is 5.35. The van der Waals surface area contributed by atoms with Crippen molar-refractivity contribution in [1.82, 2.24) is 4.90 Å². The van der Waals surface area contributed by atoms with Gasteiger partial charge in [0, 0.05) is 18.7 Å². The molecule has 1 fully saturated rings. The number of hydrogen-bond acceptors (Lipinski definition) is 5. The highest BCUT2D eigenvalue weighted by Gasteiger charge is 2.29. The second-order valence-corrected chi connectivity index (χ2v) is 10.3. The van der Waals surface area contributed by atoms with Crippen molar-refractivity contribution in [3.63, 3.8) is 0 Å². The highest BCUT2D eigenvalue weighted by Crippen LogP contribution is 2.36. The Morgan fingerprint density at radius 3 is 2.40 bits per heavy atom.